The first-order valence-corrected chi connectivity index (χ1v) is 9.26. The Morgan fingerprint density at radius 2 is 1.84 bits per heavy atom. The lowest BCUT2D eigenvalue weighted by Crippen LogP contribution is -2.41. The zero-order chi connectivity index (χ0) is 18.0. The van der Waals surface area contributed by atoms with Crippen LogP contribution in [0, 0.1) is 13.8 Å². The summed E-state index contributed by atoms with van der Waals surface area (Å²) in [5, 5.41) is 2.88. The van der Waals surface area contributed by atoms with Gasteiger partial charge in [0.15, 0.2) is 0 Å². The Bertz CT molecular complexity index is 717. The van der Waals surface area contributed by atoms with Crippen LogP contribution >= 0.6 is 0 Å². The Kier molecular flexibility index (Phi) is 5.25. The van der Waals surface area contributed by atoms with Crippen molar-refractivity contribution < 1.29 is 9.59 Å². The van der Waals surface area contributed by atoms with Gasteiger partial charge in [-0.1, -0.05) is 25.7 Å². The van der Waals surface area contributed by atoms with Gasteiger partial charge < -0.3 is 15.2 Å². The number of aromatic amines is 1. The molecular formula is C19H27N3O3. The molecule has 1 aliphatic carbocycles. The largest absolute Gasteiger partial charge is 0.347 e. The third kappa shape index (κ3) is 3.94. The molecular weight excluding hydrogens is 318 g/mol. The van der Waals surface area contributed by atoms with Crippen LogP contribution in [0.3, 0.4) is 0 Å². The lowest BCUT2D eigenvalue weighted by atomic mass is 10.1. The molecule has 1 saturated carbocycles. The molecule has 2 fully saturated rings. The number of carbonyl (C=O) groups is 2. The van der Waals surface area contributed by atoms with Crippen LogP contribution in [0.5, 0.6) is 0 Å². The number of aromatic nitrogens is 1. The lowest BCUT2D eigenvalue weighted by molar-refractivity contribution is -0.129. The average Bonchev–Trinajstić information content (AvgIpc) is 2.76. The summed E-state index contributed by atoms with van der Waals surface area (Å²) in [6, 6.07) is 1.70. The number of nitrogens with zero attached hydrogens (tertiary/aromatic N) is 1. The standard InChI is InChI=1S/C19H27N3O3/c1-12-9-16(18(24)20-13(12)2)19(25)21-14-10-17(23)22(11-14)15-7-5-3-4-6-8-15/h9,14-15H,3-8,10-11H2,1-2H3,(H,20,24)(H,21,25)/t14-/m1/s1. The third-order valence-corrected chi connectivity index (χ3v) is 5.50. The molecule has 0 radical (unpaired) electrons. The van der Waals surface area contributed by atoms with E-state index in [2.05, 4.69) is 10.3 Å². The monoisotopic (exact) mass is 345 g/mol. The Labute approximate surface area is 148 Å². The number of rotatable bonds is 3. The number of nitrogens with one attached hydrogen (secondary N) is 2. The normalized spacial score (nSPS) is 22.1. The molecule has 6 nitrogen and oxygen atoms in total. The number of amides is 2. The van der Waals surface area contributed by atoms with Crippen molar-refractivity contribution in [3.8, 4) is 0 Å². The van der Waals surface area contributed by atoms with E-state index in [1.54, 1.807) is 13.0 Å². The number of pyridine rings is 1. The summed E-state index contributed by atoms with van der Waals surface area (Å²) in [7, 11) is 0. The highest BCUT2D eigenvalue weighted by molar-refractivity contribution is 5.95. The summed E-state index contributed by atoms with van der Waals surface area (Å²) in [6.07, 6.45) is 7.27. The maximum absolute atomic E-state index is 12.5. The first-order valence-electron chi connectivity index (χ1n) is 9.26. The highest BCUT2D eigenvalue weighted by Crippen LogP contribution is 2.25. The molecule has 1 aliphatic heterocycles. The molecule has 0 aromatic carbocycles. The molecule has 0 bridgehead atoms. The van der Waals surface area contributed by atoms with E-state index < -0.39 is 5.91 Å². The summed E-state index contributed by atoms with van der Waals surface area (Å²) in [4.78, 5) is 41.5. The van der Waals surface area contributed by atoms with Crippen molar-refractivity contribution in [1.82, 2.24) is 15.2 Å². The van der Waals surface area contributed by atoms with E-state index in [0.717, 1.165) is 24.1 Å². The predicted octanol–water partition coefficient (Wildman–Crippen LogP) is 2.05. The van der Waals surface area contributed by atoms with Crippen LogP contribution in [0.4, 0.5) is 0 Å². The topological polar surface area (TPSA) is 82.3 Å². The second-order valence-corrected chi connectivity index (χ2v) is 7.39. The highest BCUT2D eigenvalue weighted by atomic mass is 16.2. The van der Waals surface area contributed by atoms with Crippen LogP contribution in [-0.4, -0.2) is 40.3 Å². The second-order valence-electron chi connectivity index (χ2n) is 7.39. The molecule has 2 aliphatic rings. The molecule has 2 amide bonds. The van der Waals surface area contributed by atoms with Crippen molar-refractivity contribution in [3.05, 3.63) is 33.2 Å². The van der Waals surface area contributed by atoms with Gasteiger partial charge in [0.25, 0.3) is 11.5 Å². The average molecular weight is 345 g/mol. The zero-order valence-corrected chi connectivity index (χ0v) is 15.1. The summed E-state index contributed by atoms with van der Waals surface area (Å²) in [6.45, 7) is 4.21. The quantitative estimate of drug-likeness (QED) is 0.823. The van der Waals surface area contributed by atoms with Crippen molar-refractivity contribution in [2.75, 3.05) is 6.54 Å². The predicted molar refractivity (Wildman–Crippen MR) is 95.6 cm³/mol. The van der Waals surface area contributed by atoms with E-state index in [0.29, 0.717) is 19.0 Å². The Hall–Kier alpha value is -2.11. The molecule has 2 N–H and O–H groups in total. The molecule has 6 heteroatoms. The molecule has 25 heavy (non-hydrogen) atoms. The molecule has 3 rings (SSSR count). The molecule has 0 spiro atoms. The summed E-state index contributed by atoms with van der Waals surface area (Å²) < 4.78 is 0. The van der Waals surface area contributed by atoms with E-state index in [4.69, 9.17) is 0 Å². The SMILES string of the molecule is Cc1cc(C(=O)N[C@@H]2CC(=O)N(C3CCCCCC3)C2)c(=O)[nH]c1C. The van der Waals surface area contributed by atoms with Crippen molar-refractivity contribution in [1.29, 1.82) is 0 Å². The molecule has 0 unspecified atom stereocenters. The van der Waals surface area contributed by atoms with Gasteiger partial charge in [0.05, 0.1) is 6.04 Å². The fourth-order valence-corrected chi connectivity index (χ4v) is 3.91. The first kappa shape index (κ1) is 17.7. The second kappa shape index (κ2) is 7.42. The fraction of sp³-hybridized carbons (Fsp3) is 0.632. The number of likely N-dealkylation sites (tertiary alicyclic amines) is 1. The van der Waals surface area contributed by atoms with Crippen LogP contribution in [0.1, 0.15) is 66.6 Å². The summed E-state index contributed by atoms with van der Waals surface area (Å²) in [5.41, 5.74) is 1.36. The first-order chi connectivity index (χ1) is 12.0. The summed E-state index contributed by atoms with van der Waals surface area (Å²) >= 11 is 0. The van der Waals surface area contributed by atoms with Gasteiger partial charge in [0.1, 0.15) is 5.56 Å². The number of hydrogen-bond acceptors (Lipinski definition) is 3. The molecule has 1 atom stereocenters. The molecule has 1 aromatic rings. The van der Waals surface area contributed by atoms with E-state index >= 15 is 0 Å². The minimum absolute atomic E-state index is 0.114. The number of carbonyl (C=O) groups excluding carboxylic acids is 2. The van der Waals surface area contributed by atoms with Crippen molar-refractivity contribution >= 4 is 11.8 Å². The van der Waals surface area contributed by atoms with Gasteiger partial charge in [-0.25, -0.2) is 0 Å². The van der Waals surface area contributed by atoms with Crippen molar-refractivity contribution in [3.63, 3.8) is 0 Å². The van der Waals surface area contributed by atoms with Gasteiger partial charge in [0.2, 0.25) is 5.91 Å². The van der Waals surface area contributed by atoms with Crippen LogP contribution < -0.4 is 10.9 Å². The zero-order valence-electron chi connectivity index (χ0n) is 15.1. The van der Waals surface area contributed by atoms with Crippen LogP contribution in [0.25, 0.3) is 0 Å². The Balaban J connectivity index is 1.66. The maximum Gasteiger partial charge on any atom is 0.261 e. The van der Waals surface area contributed by atoms with Crippen LogP contribution in [0.15, 0.2) is 10.9 Å². The molecule has 2 heterocycles. The molecule has 136 valence electrons. The smallest absolute Gasteiger partial charge is 0.261 e. The highest BCUT2D eigenvalue weighted by Gasteiger charge is 2.35. The Morgan fingerprint density at radius 3 is 2.52 bits per heavy atom. The Morgan fingerprint density at radius 1 is 1.16 bits per heavy atom. The molecule has 1 saturated heterocycles. The third-order valence-electron chi connectivity index (χ3n) is 5.50. The van der Waals surface area contributed by atoms with Gasteiger partial charge in [-0.3, -0.25) is 14.4 Å². The number of H-pyrrole nitrogens is 1. The number of hydrogen-bond donors (Lipinski definition) is 2. The van der Waals surface area contributed by atoms with Gasteiger partial charge in [-0.15, -0.1) is 0 Å². The fourth-order valence-electron chi connectivity index (χ4n) is 3.91. The lowest BCUT2D eigenvalue weighted by Gasteiger charge is -2.27. The van der Waals surface area contributed by atoms with Crippen LogP contribution in [-0.2, 0) is 4.79 Å². The van der Waals surface area contributed by atoms with Crippen molar-refractivity contribution in [2.45, 2.75) is 70.9 Å². The van der Waals surface area contributed by atoms with E-state index in [9.17, 15) is 14.4 Å². The van der Waals surface area contributed by atoms with Gasteiger partial charge in [-0.2, -0.15) is 0 Å². The molecule has 1 aromatic heterocycles. The minimum Gasteiger partial charge on any atom is -0.347 e. The maximum atomic E-state index is 12.5. The summed E-state index contributed by atoms with van der Waals surface area (Å²) in [5.74, 6) is -0.281. The van der Waals surface area contributed by atoms with E-state index in [1.165, 1.54) is 25.7 Å². The van der Waals surface area contributed by atoms with Gasteiger partial charge in [-0.05, 0) is 38.3 Å². The van der Waals surface area contributed by atoms with Crippen molar-refractivity contribution in [2.24, 2.45) is 0 Å². The van der Waals surface area contributed by atoms with Gasteiger partial charge in [0, 0.05) is 24.7 Å². The van der Waals surface area contributed by atoms with Gasteiger partial charge >= 0.3 is 0 Å². The van der Waals surface area contributed by atoms with E-state index in [1.807, 2.05) is 11.8 Å². The minimum atomic E-state index is -0.398. The van der Waals surface area contributed by atoms with E-state index in [-0.39, 0.29) is 23.1 Å². The van der Waals surface area contributed by atoms with Crippen LogP contribution in [0.2, 0.25) is 0 Å². The number of aryl methyl sites for hydroxylation is 2.